The number of nitrogen functional groups attached to an aromatic ring is 1. The van der Waals surface area contributed by atoms with Crippen LogP contribution in [0.15, 0.2) is 42.6 Å². The van der Waals surface area contributed by atoms with Gasteiger partial charge in [-0.25, -0.2) is 0 Å². The van der Waals surface area contributed by atoms with Gasteiger partial charge < -0.3 is 10.6 Å². The highest BCUT2D eigenvalue weighted by Crippen LogP contribution is 2.12. The van der Waals surface area contributed by atoms with Crippen molar-refractivity contribution in [3.05, 3.63) is 59.4 Å². The minimum absolute atomic E-state index is 0.0116. The van der Waals surface area contributed by atoms with Crippen LogP contribution < -0.4 is 5.73 Å². The van der Waals surface area contributed by atoms with Crippen LogP contribution >= 0.6 is 0 Å². The van der Waals surface area contributed by atoms with E-state index in [1.165, 1.54) is 0 Å². The first kappa shape index (κ1) is 14.1. The van der Waals surface area contributed by atoms with E-state index in [1.54, 1.807) is 11.1 Å². The Hall–Kier alpha value is -2.36. The molecule has 104 valence electrons. The fourth-order valence-electron chi connectivity index (χ4n) is 2.02. The standard InChI is InChI=1S/C16H19N3O/c1-3-19(11-13-5-4-6-15(17)9-13)16(20)14-8-7-12(2)18-10-14/h4-10H,3,11,17H2,1-2H3. The lowest BCUT2D eigenvalue weighted by Crippen LogP contribution is -2.30. The summed E-state index contributed by atoms with van der Waals surface area (Å²) in [6, 6.07) is 11.3. The number of nitrogens with zero attached hydrogens (tertiary/aromatic N) is 2. The molecule has 2 aromatic rings. The molecule has 0 aliphatic heterocycles. The second-order valence-electron chi connectivity index (χ2n) is 4.75. The number of carbonyl (C=O) groups is 1. The molecule has 0 atom stereocenters. The number of rotatable bonds is 4. The van der Waals surface area contributed by atoms with Crippen LogP contribution in [-0.2, 0) is 6.54 Å². The average Bonchev–Trinajstić information content (AvgIpc) is 2.45. The van der Waals surface area contributed by atoms with Crippen LogP contribution in [0.4, 0.5) is 5.69 Å². The highest BCUT2D eigenvalue weighted by Gasteiger charge is 2.14. The van der Waals surface area contributed by atoms with Crippen LogP contribution in [0, 0.1) is 6.92 Å². The zero-order chi connectivity index (χ0) is 14.5. The summed E-state index contributed by atoms with van der Waals surface area (Å²) < 4.78 is 0. The van der Waals surface area contributed by atoms with Crippen LogP contribution in [0.1, 0.15) is 28.5 Å². The Morgan fingerprint density at radius 2 is 2.10 bits per heavy atom. The fourth-order valence-corrected chi connectivity index (χ4v) is 2.02. The van der Waals surface area contributed by atoms with Crippen LogP contribution in [0.3, 0.4) is 0 Å². The topological polar surface area (TPSA) is 59.2 Å². The van der Waals surface area contributed by atoms with Gasteiger partial charge in [0.25, 0.3) is 5.91 Å². The molecule has 20 heavy (non-hydrogen) atoms. The number of benzene rings is 1. The van der Waals surface area contributed by atoms with E-state index in [1.807, 2.05) is 50.2 Å². The van der Waals surface area contributed by atoms with Crippen LogP contribution in [0.25, 0.3) is 0 Å². The smallest absolute Gasteiger partial charge is 0.255 e. The van der Waals surface area contributed by atoms with Crippen molar-refractivity contribution in [3.8, 4) is 0 Å². The largest absolute Gasteiger partial charge is 0.399 e. The van der Waals surface area contributed by atoms with E-state index in [2.05, 4.69) is 4.98 Å². The van der Waals surface area contributed by atoms with Gasteiger partial charge in [-0.2, -0.15) is 0 Å². The number of anilines is 1. The molecule has 4 heteroatoms. The van der Waals surface area contributed by atoms with Crippen molar-refractivity contribution in [2.24, 2.45) is 0 Å². The second-order valence-corrected chi connectivity index (χ2v) is 4.75. The molecular formula is C16H19N3O. The number of amides is 1. The Labute approximate surface area is 119 Å². The first-order chi connectivity index (χ1) is 9.60. The molecule has 0 saturated carbocycles. The molecule has 4 nitrogen and oxygen atoms in total. The predicted molar refractivity (Wildman–Crippen MR) is 80.2 cm³/mol. The zero-order valence-corrected chi connectivity index (χ0v) is 11.8. The molecule has 0 spiro atoms. The van der Waals surface area contributed by atoms with Gasteiger partial charge in [-0.15, -0.1) is 0 Å². The van der Waals surface area contributed by atoms with Crippen molar-refractivity contribution in [2.45, 2.75) is 20.4 Å². The maximum atomic E-state index is 12.4. The first-order valence-electron chi connectivity index (χ1n) is 6.66. The van der Waals surface area contributed by atoms with Crippen molar-refractivity contribution >= 4 is 11.6 Å². The molecule has 0 bridgehead atoms. The molecule has 0 aliphatic rings. The Balaban J connectivity index is 2.15. The minimum atomic E-state index is -0.0116. The van der Waals surface area contributed by atoms with Crippen molar-refractivity contribution in [2.75, 3.05) is 12.3 Å². The number of aryl methyl sites for hydroxylation is 1. The van der Waals surface area contributed by atoms with Gasteiger partial charge in [-0.3, -0.25) is 9.78 Å². The highest BCUT2D eigenvalue weighted by molar-refractivity contribution is 5.93. The summed E-state index contributed by atoms with van der Waals surface area (Å²) in [6.07, 6.45) is 1.62. The normalized spacial score (nSPS) is 10.3. The number of hydrogen-bond donors (Lipinski definition) is 1. The predicted octanol–water partition coefficient (Wildman–Crippen LogP) is 2.63. The van der Waals surface area contributed by atoms with E-state index in [0.717, 1.165) is 11.3 Å². The number of aromatic nitrogens is 1. The van der Waals surface area contributed by atoms with E-state index < -0.39 is 0 Å². The lowest BCUT2D eigenvalue weighted by Gasteiger charge is -2.21. The van der Waals surface area contributed by atoms with E-state index >= 15 is 0 Å². The SMILES string of the molecule is CCN(Cc1cccc(N)c1)C(=O)c1ccc(C)nc1. The maximum Gasteiger partial charge on any atom is 0.255 e. The van der Waals surface area contributed by atoms with Crippen molar-refractivity contribution in [1.29, 1.82) is 0 Å². The Morgan fingerprint density at radius 1 is 1.30 bits per heavy atom. The number of nitrogens with two attached hydrogens (primary N) is 1. The lowest BCUT2D eigenvalue weighted by atomic mass is 10.1. The average molecular weight is 269 g/mol. The summed E-state index contributed by atoms with van der Waals surface area (Å²) in [5, 5.41) is 0. The van der Waals surface area contributed by atoms with Crippen molar-refractivity contribution in [1.82, 2.24) is 9.88 Å². The van der Waals surface area contributed by atoms with Gasteiger partial charge in [0.2, 0.25) is 0 Å². The summed E-state index contributed by atoms with van der Waals surface area (Å²) in [5.74, 6) is -0.0116. The molecule has 0 aliphatic carbocycles. The third kappa shape index (κ3) is 3.35. The van der Waals surface area contributed by atoms with Crippen molar-refractivity contribution in [3.63, 3.8) is 0 Å². The maximum absolute atomic E-state index is 12.4. The summed E-state index contributed by atoms with van der Waals surface area (Å²) in [7, 11) is 0. The monoisotopic (exact) mass is 269 g/mol. The molecule has 1 aromatic carbocycles. The summed E-state index contributed by atoms with van der Waals surface area (Å²) in [6.45, 7) is 5.06. The van der Waals surface area contributed by atoms with Crippen LogP contribution in [0.2, 0.25) is 0 Å². The molecule has 0 unspecified atom stereocenters. The number of carbonyl (C=O) groups excluding carboxylic acids is 1. The molecule has 0 saturated heterocycles. The molecule has 1 aromatic heterocycles. The second kappa shape index (κ2) is 6.19. The zero-order valence-electron chi connectivity index (χ0n) is 11.8. The summed E-state index contributed by atoms with van der Waals surface area (Å²) >= 11 is 0. The fraction of sp³-hybridized carbons (Fsp3) is 0.250. The van der Waals surface area contributed by atoms with Gasteiger partial charge in [0.1, 0.15) is 0 Å². The lowest BCUT2D eigenvalue weighted by molar-refractivity contribution is 0.0752. The third-order valence-corrected chi connectivity index (χ3v) is 3.15. The van der Waals surface area contributed by atoms with Gasteiger partial charge in [-0.1, -0.05) is 12.1 Å². The molecule has 1 heterocycles. The number of hydrogen-bond acceptors (Lipinski definition) is 3. The third-order valence-electron chi connectivity index (χ3n) is 3.15. The first-order valence-corrected chi connectivity index (χ1v) is 6.66. The molecular weight excluding hydrogens is 250 g/mol. The van der Waals surface area contributed by atoms with E-state index in [9.17, 15) is 4.79 Å². The van der Waals surface area contributed by atoms with E-state index in [-0.39, 0.29) is 5.91 Å². The highest BCUT2D eigenvalue weighted by atomic mass is 16.2. The molecule has 0 fully saturated rings. The van der Waals surface area contributed by atoms with E-state index in [4.69, 9.17) is 5.73 Å². The Morgan fingerprint density at radius 3 is 2.70 bits per heavy atom. The van der Waals surface area contributed by atoms with Gasteiger partial charge >= 0.3 is 0 Å². The minimum Gasteiger partial charge on any atom is -0.399 e. The number of pyridine rings is 1. The van der Waals surface area contributed by atoms with Crippen LogP contribution in [0.5, 0.6) is 0 Å². The molecule has 2 rings (SSSR count). The van der Waals surface area contributed by atoms with Gasteiger partial charge in [0.15, 0.2) is 0 Å². The van der Waals surface area contributed by atoms with Gasteiger partial charge in [0, 0.05) is 30.7 Å². The van der Waals surface area contributed by atoms with Gasteiger partial charge in [-0.05, 0) is 43.7 Å². The Kier molecular flexibility index (Phi) is 4.35. The van der Waals surface area contributed by atoms with Crippen molar-refractivity contribution < 1.29 is 4.79 Å². The molecule has 1 amide bonds. The van der Waals surface area contributed by atoms with Gasteiger partial charge in [0.05, 0.1) is 5.56 Å². The van der Waals surface area contributed by atoms with Crippen LogP contribution in [-0.4, -0.2) is 22.3 Å². The molecule has 0 radical (unpaired) electrons. The Bertz CT molecular complexity index is 593. The van der Waals surface area contributed by atoms with E-state index in [0.29, 0.717) is 24.3 Å². The summed E-state index contributed by atoms with van der Waals surface area (Å²) in [5.41, 5.74) is 9.02. The molecule has 2 N–H and O–H groups in total. The quantitative estimate of drug-likeness (QED) is 0.868. The summed E-state index contributed by atoms with van der Waals surface area (Å²) in [4.78, 5) is 18.4.